The van der Waals surface area contributed by atoms with Crippen LogP contribution in [-0.4, -0.2) is 11.5 Å². The molecule has 1 atom stereocenters. The monoisotopic (exact) mass is 330 g/mol. The minimum Gasteiger partial charge on any atom is -0.305 e. The van der Waals surface area contributed by atoms with Crippen molar-refractivity contribution in [3.8, 4) is 0 Å². The third-order valence-electron chi connectivity index (χ3n) is 2.60. The van der Waals surface area contributed by atoms with Crippen molar-refractivity contribution in [1.29, 1.82) is 0 Å². The molecular formula is C12H15BrN2S2. The number of thiophene rings is 1. The quantitative estimate of drug-likeness (QED) is 0.880. The van der Waals surface area contributed by atoms with Crippen molar-refractivity contribution in [3.05, 3.63) is 36.9 Å². The van der Waals surface area contributed by atoms with E-state index in [9.17, 15) is 0 Å². The molecule has 1 unspecified atom stereocenters. The average molecular weight is 331 g/mol. The summed E-state index contributed by atoms with van der Waals surface area (Å²) in [5, 5.41) is 7.94. The minimum atomic E-state index is 0.267. The predicted molar refractivity (Wildman–Crippen MR) is 79.0 cm³/mol. The molecule has 0 radical (unpaired) electrons. The van der Waals surface area contributed by atoms with Crippen LogP contribution in [0.3, 0.4) is 0 Å². The average Bonchev–Trinajstić information content (AvgIpc) is 2.90. The molecule has 92 valence electrons. The van der Waals surface area contributed by atoms with E-state index < -0.39 is 0 Å². The van der Waals surface area contributed by atoms with Crippen LogP contribution >= 0.6 is 38.6 Å². The van der Waals surface area contributed by atoms with Crippen LogP contribution in [0.2, 0.25) is 0 Å². The molecule has 0 bridgehead atoms. The lowest BCUT2D eigenvalue weighted by Crippen LogP contribution is -2.22. The zero-order chi connectivity index (χ0) is 12.3. The summed E-state index contributed by atoms with van der Waals surface area (Å²) in [6, 6.07) is 0.267. The van der Waals surface area contributed by atoms with Gasteiger partial charge >= 0.3 is 0 Å². The molecule has 0 aliphatic carbocycles. The molecule has 2 heterocycles. The van der Waals surface area contributed by atoms with E-state index in [1.807, 2.05) is 5.51 Å². The highest BCUT2D eigenvalue weighted by atomic mass is 79.9. The fraction of sp³-hybridized carbons (Fsp3) is 0.417. The summed E-state index contributed by atoms with van der Waals surface area (Å²) in [5.74, 6) is 0. The van der Waals surface area contributed by atoms with Crippen molar-refractivity contribution in [3.63, 3.8) is 0 Å². The fourth-order valence-electron chi connectivity index (χ4n) is 1.72. The standard InChI is InChI=1S/C12H15BrN2S2/c1-3-4-14-11(9-5-16-6-10(9)13)12-8(2)15-7-17-12/h5-7,11,14H,3-4H2,1-2H3. The first kappa shape index (κ1) is 13.2. The molecule has 0 aromatic carbocycles. The van der Waals surface area contributed by atoms with E-state index in [0.717, 1.165) is 18.7 Å². The van der Waals surface area contributed by atoms with Gasteiger partial charge in [0.05, 0.1) is 17.2 Å². The number of aryl methyl sites for hydroxylation is 1. The Balaban J connectivity index is 2.32. The van der Waals surface area contributed by atoms with Gasteiger partial charge in [-0.25, -0.2) is 4.98 Å². The largest absolute Gasteiger partial charge is 0.305 e. The van der Waals surface area contributed by atoms with Gasteiger partial charge < -0.3 is 5.32 Å². The Morgan fingerprint density at radius 1 is 1.47 bits per heavy atom. The molecule has 0 saturated heterocycles. The second kappa shape index (κ2) is 6.09. The van der Waals surface area contributed by atoms with Gasteiger partial charge in [-0.05, 0) is 46.8 Å². The summed E-state index contributed by atoms with van der Waals surface area (Å²) in [6.45, 7) is 5.28. The summed E-state index contributed by atoms with van der Waals surface area (Å²) >= 11 is 7.08. The third kappa shape index (κ3) is 2.96. The molecule has 0 spiro atoms. The number of thiazole rings is 1. The predicted octanol–water partition coefficient (Wildman–Crippen LogP) is 4.36. The second-order valence-electron chi connectivity index (χ2n) is 3.86. The zero-order valence-electron chi connectivity index (χ0n) is 9.87. The van der Waals surface area contributed by atoms with Crippen LogP contribution < -0.4 is 5.32 Å². The molecule has 0 aliphatic heterocycles. The Morgan fingerprint density at radius 3 is 2.82 bits per heavy atom. The molecule has 2 rings (SSSR count). The van der Waals surface area contributed by atoms with Crippen LogP contribution in [0.1, 0.15) is 35.5 Å². The molecule has 0 aliphatic rings. The Bertz CT molecular complexity index is 438. The normalized spacial score (nSPS) is 12.9. The number of halogens is 1. The van der Waals surface area contributed by atoms with E-state index in [1.165, 1.54) is 14.9 Å². The summed E-state index contributed by atoms with van der Waals surface area (Å²) in [7, 11) is 0. The van der Waals surface area contributed by atoms with Crippen LogP contribution in [0.15, 0.2) is 20.7 Å². The highest BCUT2D eigenvalue weighted by molar-refractivity contribution is 9.10. The number of nitrogens with zero attached hydrogens (tertiary/aromatic N) is 1. The lowest BCUT2D eigenvalue weighted by atomic mass is 10.1. The van der Waals surface area contributed by atoms with Crippen LogP contribution in [0, 0.1) is 6.92 Å². The van der Waals surface area contributed by atoms with Gasteiger partial charge in [0, 0.05) is 14.7 Å². The Hall–Kier alpha value is -0.230. The molecule has 0 fully saturated rings. The third-order valence-corrected chi connectivity index (χ3v) is 5.34. The minimum absolute atomic E-state index is 0.267. The van der Waals surface area contributed by atoms with Gasteiger partial charge in [0.25, 0.3) is 0 Å². The van der Waals surface area contributed by atoms with E-state index in [2.05, 4.69) is 50.8 Å². The van der Waals surface area contributed by atoms with E-state index >= 15 is 0 Å². The maximum Gasteiger partial charge on any atom is 0.0798 e. The number of nitrogens with one attached hydrogen (secondary N) is 1. The van der Waals surface area contributed by atoms with Crippen molar-refractivity contribution in [2.24, 2.45) is 0 Å². The Morgan fingerprint density at radius 2 is 2.29 bits per heavy atom. The van der Waals surface area contributed by atoms with Crippen molar-refractivity contribution in [2.75, 3.05) is 6.54 Å². The van der Waals surface area contributed by atoms with Gasteiger partial charge in [-0.2, -0.15) is 11.3 Å². The SMILES string of the molecule is CCCNC(c1cscc1Br)c1scnc1C. The molecule has 2 aromatic heterocycles. The van der Waals surface area contributed by atoms with Crippen LogP contribution in [0.4, 0.5) is 0 Å². The van der Waals surface area contributed by atoms with E-state index in [4.69, 9.17) is 0 Å². The van der Waals surface area contributed by atoms with Gasteiger partial charge in [-0.3, -0.25) is 0 Å². The molecular weight excluding hydrogens is 316 g/mol. The molecule has 0 saturated carbocycles. The van der Waals surface area contributed by atoms with Crippen molar-refractivity contribution in [1.82, 2.24) is 10.3 Å². The molecule has 0 amide bonds. The second-order valence-corrected chi connectivity index (χ2v) is 6.35. The summed E-state index contributed by atoms with van der Waals surface area (Å²) in [6.07, 6.45) is 1.14. The summed E-state index contributed by atoms with van der Waals surface area (Å²) in [5.41, 5.74) is 4.36. The highest BCUT2D eigenvalue weighted by Crippen LogP contribution is 2.34. The van der Waals surface area contributed by atoms with Crippen LogP contribution in [0.5, 0.6) is 0 Å². The smallest absolute Gasteiger partial charge is 0.0798 e. The first-order chi connectivity index (χ1) is 8.24. The summed E-state index contributed by atoms with van der Waals surface area (Å²) in [4.78, 5) is 5.67. The molecule has 2 aromatic rings. The Labute approximate surface area is 118 Å². The van der Waals surface area contributed by atoms with Gasteiger partial charge in [-0.1, -0.05) is 6.92 Å². The molecule has 17 heavy (non-hydrogen) atoms. The van der Waals surface area contributed by atoms with Crippen molar-refractivity contribution >= 4 is 38.6 Å². The number of hydrogen-bond acceptors (Lipinski definition) is 4. The number of hydrogen-bond donors (Lipinski definition) is 1. The zero-order valence-corrected chi connectivity index (χ0v) is 13.1. The molecule has 5 heteroatoms. The first-order valence-corrected chi connectivity index (χ1v) is 8.20. The number of rotatable bonds is 5. The van der Waals surface area contributed by atoms with Crippen LogP contribution in [-0.2, 0) is 0 Å². The fourth-order valence-corrected chi connectivity index (χ4v) is 4.16. The van der Waals surface area contributed by atoms with Gasteiger partial charge in [0.1, 0.15) is 0 Å². The highest BCUT2D eigenvalue weighted by Gasteiger charge is 2.20. The van der Waals surface area contributed by atoms with Gasteiger partial charge in [-0.15, -0.1) is 11.3 Å². The van der Waals surface area contributed by atoms with Gasteiger partial charge in [0.2, 0.25) is 0 Å². The van der Waals surface area contributed by atoms with E-state index in [0.29, 0.717) is 0 Å². The lowest BCUT2D eigenvalue weighted by molar-refractivity contribution is 0.602. The summed E-state index contributed by atoms with van der Waals surface area (Å²) < 4.78 is 1.18. The Kier molecular flexibility index (Phi) is 4.73. The van der Waals surface area contributed by atoms with Crippen molar-refractivity contribution in [2.45, 2.75) is 26.3 Å². The maximum atomic E-state index is 4.35. The van der Waals surface area contributed by atoms with Crippen molar-refractivity contribution < 1.29 is 0 Å². The van der Waals surface area contributed by atoms with E-state index in [-0.39, 0.29) is 6.04 Å². The maximum absolute atomic E-state index is 4.35. The first-order valence-electron chi connectivity index (χ1n) is 5.59. The lowest BCUT2D eigenvalue weighted by Gasteiger charge is -2.17. The van der Waals surface area contributed by atoms with Gasteiger partial charge in [0.15, 0.2) is 0 Å². The van der Waals surface area contributed by atoms with E-state index in [1.54, 1.807) is 22.7 Å². The topological polar surface area (TPSA) is 24.9 Å². The molecule has 2 nitrogen and oxygen atoms in total. The van der Waals surface area contributed by atoms with Crippen LogP contribution in [0.25, 0.3) is 0 Å². The molecule has 1 N–H and O–H groups in total. The number of aromatic nitrogens is 1.